The van der Waals surface area contributed by atoms with Gasteiger partial charge >= 0.3 is 0 Å². The van der Waals surface area contributed by atoms with Crippen molar-refractivity contribution in [1.82, 2.24) is 5.32 Å². The highest BCUT2D eigenvalue weighted by molar-refractivity contribution is 9.10. The second kappa shape index (κ2) is 5.93. The molecule has 1 aromatic carbocycles. The van der Waals surface area contributed by atoms with Gasteiger partial charge in [-0.1, -0.05) is 13.0 Å². The number of nitrogens with one attached hydrogen (secondary N) is 1. The monoisotopic (exact) mass is 369 g/mol. The Hall–Kier alpha value is -0.750. The molecular weight excluding hydrogens is 357 g/mol. The molecule has 1 nitrogen and oxygen atoms in total. The molecule has 0 amide bonds. The number of halogens is 2. The molecule has 3 aromatic rings. The Kier molecular flexibility index (Phi) is 4.21. The zero-order chi connectivity index (χ0) is 14.1. The van der Waals surface area contributed by atoms with Crippen molar-refractivity contribution >= 4 is 48.0 Å². The summed E-state index contributed by atoms with van der Waals surface area (Å²) in [7, 11) is 0. The lowest BCUT2D eigenvalue weighted by molar-refractivity contribution is 0.611. The van der Waals surface area contributed by atoms with Crippen molar-refractivity contribution in [3.63, 3.8) is 0 Å². The fourth-order valence-electron chi connectivity index (χ4n) is 2.21. The molecule has 0 bridgehead atoms. The molecule has 0 aliphatic heterocycles. The summed E-state index contributed by atoms with van der Waals surface area (Å²) in [5, 5.41) is 5.60. The van der Waals surface area contributed by atoms with Gasteiger partial charge in [0.2, 0.25) is 0 Å². The molecule has 0 spiro atoms. The fraction of sp³-hybridized carbons (Fsp3) is 0.200. The third-order valence-corrected chi connectivity index (χ3v) is 5.89. The molecule has 0 saturated carbocycles. The van der Waals surface area contributed by atoms with Crippen LogP contribution in [0.25, 0.3) is 9.40 Å². The van der Waals surface area contributed by atoms with Crippen LogP contribution >= 0.6 is 38.6 Å². The lowest BCUT2D eigenvalue weighted by Gasteiger charge is -2.17. The first-order valence-electron chi connectivity index (χ1n) is 6.34. The molecule has 2 aromatic heterocycles. The van der Waals surface area contributed by atoms with Gasteiger partial charge < -0.3 is 5.32 Å². The minimum atomic E-state index is -0.226. The van der Waals surface area contributed by atoms with E-state index in [9.17, 15) is 4.39 Å². The van der Waals surface area contributed by atoms with Crippen LogP contribution in [-0.4, -0.2) is 6.54 Å². The molecule has 0 aliphatic carbocycles. The number of benzene rings is 1. The van der Waals surface area contributed by atoms with Crippen LogP contribution in [0.1, 0.15) is 23.4 Å². The average Bonchev–Trinajstić information content (AvgIpc) is 3.00. The quantitative estimate of drug-likeness (QED) is 0.634. The van der Waals surface area contributed by atoms with Crippen molar-refractivity contribution in [3.05, 3.63) is 56.4 Å². The van der Waals surface area contributed by atoms with E-state index in [0.29, 0.717) is 4.47 Å². The maximum absolute atomic E-state index is 13.4. The predicted octanol–water partition coefficient (Wildman–Crippen LogP) is 5.56. The third-order valence-electron chi connectivity index (χ3n) is 3.13. The van der Waals surface area contributed by atoms with Crippen molar-refractivity contribution in [2.24, 2.45) is 0 Å². The lowest BCUT2D eigenvalue weighted by Crippen LogP contribution is -2.21. The Morgan fingerprint density at radius 2 is 2.10 bits per heavy atom. The van der Waals surface area contributed by atoms with Gasteiger partial charge in [0.05, 0.1) is 10.5 Å². The molecule has 5 heteroatoms. The van der Waals surface area contributed by atoms with E-state index < -0.39 is 0 Å². The van der Waals surface area contributed by atoms with E-state index in [1.165, 1.54) is 20.3 Å². The molecule has 0 saturated heterocycles. The summed E-state index contributed by atoms with van der Waals surface area (Å²) in [6.45, 7) is 2.95. The Morgan fingerprint density at radius 1 is 1.25 bits per heavy atom. The van der Waals surface area contributed by atoms with Crippen LogP contribution in [0.4, 0.5) is 4.39 Å². The van der Waals surface area contributed by atoms with Crippen LogP contribution in [0.15, 0.2) is 40.2 Å². The van der Waals surface area contributed by atoms with Crippen LogP contribution in [-0.2, 0) is 0 Å². The SMILES string of the molecule is CCNC(c1ccc(F)c(Br)c1)c1cc2sccc2s1. The van der Waals surface area contributed by atoms with E-state index in [2.05, 4.69) is 45.7 Å². The van der Waals surface area contributed by atoms with E-state index in [1.807, 2.05) is 12.1 Å². The molecule has 0 radical (unpaired) electrons. The Labute approximate surface area is 133 Å². The summed E-state index contributed by atoms with van der Waals surface area (Å²) in [6, 6.07) is 9.71. The van der Waals surface area contributed by atoms with Crippen molar-refractivity contribution in [2.45, 2.75) is 13.0 Å². The molecule has 1 N–H and O–H groups in total. The molecule has 20 heavy (non-hydrogen) atoms. The van der Waals surface area contributed by atoms with E-state index in [-0.39, 0.29) is 11.9 Å². The minimum absolute atomic E-state index is 0.112. The summed E-state index contributed by atoms with van der Waals surface area (Å²) < 4.78 is 16.5. The molecule has 0 fully saturated rings. The molecule has 0 aliphatic rings. The van der Waals surface area contributed by atoms with Gasteiger partial charge in [-0.15, -0.1) is 22.7 Å². The maximum Gasteiger partial charge on any atom is 0.137 e. The number of fused-ring (bicyclic) bond motifs is 1. The van der Waals surface area contributed by atoms with Gasteiger partial charge in [0.25, 0.3) is 0 Å². The highest BCUT2D eigenvalue weighted by Crippen LogP contribution is 2.36. The van der Waals surface area contributed by atoms with Gasteiger partial charge in [-0.05, 0) is 57.7 Å². The summed E-state index contributed by atoms with van der Waals surface area (Å²) in [4.78, 5) is 1.27. The highest BCUT2D eigenvalue weighted by atomic mass is 79.9. The van der Waals surface area contributed by atoms with Gasteiger partial charge in [-0.25, -0.2) is 4.39 Å². The summed E-state index contributed by atoms with van der Waals surface area (Å²) in [5.74, 6) is -0.226. The van der Waals surface area contributed by atoms with Crippen LogP contribution in [0.3, 0.4) is 0 Å². The number of hydrogen-bond acceptors (Lipinski definition) is 3. The molecular formula is C15H13BrFNS2. The Balaban J connectivity index is 2.03. The normalized spacial score (nSPS) is 12.9. The maximum atomic E-state index is 13.4. The van der Waals surface area contributed by atoms with Gasteiger partial charge in [0.1, 0.15) is 5.82 Å². The first kappa shape index (κ1) is 14.2. The summed E-state index contributed by atoms with van der Waals surface area (Å²) in [5.41, 5.74) is 1.08. The molecule has 104 valence electrons. The molecule has 1 unspecified atom stereocenters. The van der Waals surface area contributed by atoms with Gasteiger partial charge in [-0.3, -0.25) is 0 Å². The number of rotatable bonds is 4. The van der Waals surface area contributed by atoms with Crippen LogP contribution in [0.2, 0.25) is 0 Å². The fourth-order valence-corrected chi connectivity index (χ4v) is 4.83. The van der Waals surface area contributed by atoms with E-state index in [4.69, 9.17) is 0 Å². The smallest absolute Gasteiger partial charge is 0.137 e. The van der Waals surface area contributed by atoms with Crippen molar-refractivity contribution in [1.29, 1.82) is 0 Å². The standard InChI is InChI=1S/C15H13BrFNS2/c1-2-18-15(9-3-4-11(17)10(16)7-9)14-8-13-12(20-14)5-6-19-13/h3-8,15,18H,2H2,1H3. The minimum Gasteiger partial charge on any atom is -0.306 e. The number of hydrogen-bond donors (Lipinski definition) is 1. The third kappa shape index (κ3) is 2.68. The average molecular weight is 370 g/mol. The van der Waals surface area contributed by atoms with E-state index in [0.717, 1.165) is 12.1 Å². The predicted molar refractivity (Wildman–Crippen MR) is 89.3 cm³/mol. The first-order chi connectivity index (χ1) is 9.69. The Bertz CT molecular complexity index is 706. The van der Waals surface area contributed by atoms with E-state index >= 15 is 0 Å². The molecule has 2 heterocycles. The first-order valence-corrected chi connectivity index (χ1v) is 8.83. The van der Waals surface area contributed by atoms with Crippen molar-refractivity contribution in [3.8, 4) is 0 Å². The molecule has 3 rings (SSSR count). The van der Waals surface area contributed by atoms with Crippen LogP contribution < -0.4 is 5.32 Å². The largest absolute Gasteiger partial charge is 0.306 e. The van der Waals surface area contributed by atoms with Gasteiger partial charge in [0, 0.05) is 14.3 Å². The van der Waals surface area contributed by atoms with Crippen molar-refractivity contribution in [2.75, 3.05) is 6.54 Å². The highest BCUT2D eigenvalue weighted by Gasteiger charge is 2.17. The summed E-state index contributed by atoms with van der Waals surface area (Å²) in [6.07, 6.45) is 0. The lowest BCUT2D eigenvalue weighted by atomic mass is 10.1. The zero-order valence-electron chi connectivity index (χ0n) is 10.8. The van der Waals surface area contributed by atoms with Crippen LogP contribution in [0, 0.1) is 5.82 Å². The zero-order valence-corrected chi connectivity index (χ0v) is 14.0. The Morgan fingerprint density at radius 3 is 2.80 bits per heavy atom. The summed E-state index contributed by atoms with van der Waals surface area (Å²) >= 11 is 6.82. The van der Waals surface area contributed by atoms with Gasteiger partial charge in [-0.2, -0.15) is 0 Å². The van der Waals surface area contributed by atoms with Crippen LogP contribution in [0.5, 0.6) is 0 Å². The number of thiophene rings is 2. The molecule has 1 atom stereocenters. The van der Waals surface area contributed by atoms with Gasteiger partial charge in [0.15, 0.2) is 0 Å². The van der Waals surface area contributed by atoms with E-state index in [1.54, 1.807) is 22.7 Å². The second-order valence-corrected chi connectivity index (χ2v) is 7.38. The van der Waals surface area contributed by atoms with Crippen molar-refractivity contribution < 1.29 is 4.39 Å². The topological polar surface area (TPSA) is 12.0 Å². The second-order valence-electron chi connectivity index (χ2n) is 4.46.